The lowest BCUT2D eigenvalue weighted by atomic mass is 10.0. The van der Waals surface area contributed by atoms with Crippen molar-refractivity contribution >= 4 is 17.5 Å². The Morgan fingerprint density at radius 2 is 1.89 bits per heavy atom. The van der Waals surface area contributed by atoms with Gasteiger partial charge in [0.25, 0.3) is 5.78 Å². The van der Waals surface area contributed by atoms with Gasteiger partial charge in [-0.05, 0) is 24.8 Å². The van der Waals surface area contributed by atoms with Gasteiger partial charge in [-0.15, -0.1) is 0 Å². The van der Waals surface area contributed by atoms with E-state index in [0.29, 0.717) is 6.42 Å². The number of esters is 1. The Kier molecular flexibility index (Phi) is 6.19. The topological polar surface area (TPSA) is 79.8 Å². The van der Waals surface area contributed by atoms with Gasteiger partial charge in [0.2, 0.25) is 0 Å². The highest BCUT2D eigenvalue weighted by Crippen LogP contribution is 2.06. The van der Waals surface area contributed by atoms with Gasteiger partial charge in [0.15, 0.2) is 0 Å². The van der Waals surface area contributed by atoms with Gasteiger partial charge in [-0.2, -0.15) is 4.79 Å². The molecule has 0 heterocycles. The number of methoxy groups -OCH3 is 1. The molecule has 0 fully saturated rings. The number of carbonyl (C=O) groups excluding carboxylic acids is 2. The molecule has 0 aliphatic heterocycles. The van der Waals surface area contributed by atoms with E-state index in [1.807, 2.05) is 30.3 Å². The van der Waals surface area contributed by atoms with Crippen LogP contribution >= 0.6 is 0 Å². The highest BCUT2D eigenvalue weighted by atomic mass is 16.5. The minimum atomic E-state index is -0.907. The van der Waals surface area contributed by atoms with Crippen LogP contribution in [0.3, 0.4) is 0 Å². The molecule has 1 aromatic rings. The average molecular weight is 260 g/mol. The van der Waals surface area contributed by atoms with E-state index in [4.69, 9.17) is 5.53 Å². The molecule has 5 heteroatoms. The summed E-state index contributed by atoms with van der Waals surface area (Å²) >= 11 is 0. The van der Waals surface area contributed by atoms with Crippen LogP contribution in [0.2, 0.25) is 0 Å². The molecule has 1 rings (SSSR count). The fraction of sp³-hybridized carbons (Fsp3) is 0.357. The first-order chi connectivity index (χ1) is 9.19. The van der Waals surface area contributed by atoms with Gasteiger partial charge in [-0.25, -0.2) is 4.79 Å². The summed E-state index contributed by atoms with van der Waals surface area (Å²) in [6, 6.07) is 9.93. The van der Waals surface area contributed by atoms with Crippen molar-refractivity contribution in [3.05, 3.63) is 41.4 Å². The Labute approximate surface area is 111 Å². The number of carbonyl (C=O) groups is 2. The van der Waals surface area contributed by atoms with Crippen molar-refractivity contribution in [2.24, 2.45) is 0 Å². The number of ether oxygens (including phenoxy) is 1. The molecule has 19 heavy (non-hydrogen) atoms. The Morgan fingerprint density at radius 3 is 2.47 bits per heavy atom. The van der Waals surface area contributed by atoms with E-state index in [9.17, 15) is 9.59 Å². The van der Waals surface area contributed by atoms with Gasteiger partial charge in [0, 0.05) is 6.42 Å². The molecule has 0 aliphatic carbocycles. The van der Waals surface area contributed by atoms with Crippen LogP contribution in [0.4, 0.5) is 0 Å². The van der Waals surface area contributed by atoms with E-state index in [-0.39, 0.29) is 6.42 Å². The highest BCUT2D eigenvalue weighted by molar-refractivity contribution is 6.62. The maximum absolute atomic E-state index is 11.6. The summed E-state index contributed by atoms with van der Waals surface area (Å²) in [6.07, 6.45) is 2.50. The van der Waals surface area contributed by atoms with Gasteiger partial charge in [0.05, 0.1) is 7.11 Å². The monoisotopic (exact) mass is 260 g/mol. The molecular weight excluding hydrogens is 244 g/mol. The first kappa shape index (κ1) is 14.8. The third kappa shape index (κ3) is 4.85. The summed E-state index contributed by atoms with van der Waals surface area (Å²) in [5, 5.41) is 0. The number of nitrogens with zero attached hydrogens (tertiary/aromatic N) is 2. The van der Waals surface area contributed by atoms with Crippen LogP contribution in [0.15, 0.2) is 30.3 Å². The summed E-state index contributed by atoms with van der Waals surface area (Å²) in [5.41, 5.74) is 9.27. The zero-order chi connectivity index (χ0) is 14.1. The van der Waals surface area contributed by atoms with E-state index < -0.39 is 17.5 Å². The Morgan fingerprint density at radius 1 is 1.21 bits per heavy atom. The summed E-state index contributed by atoms with van der Waals surface area (Å²) in [5.74, 6) is -1.40. The molecule has 0 amide bonds. The molecular formula is C14H16N2O3. The van der Waals surface area contributed by atoms with E-state index in [1.54, 1.807) is 0 Å². The van der Waals surface area contributed by atoms with Crippen molar-refractivity contribution in [1.82, 2.24) is 0 Å². The quantitative estimate of drug-likeness (QED) is 0.187. The number of aryl methyl sites for hydroxylation is 1. The van der Waals surface area contributed by atoms with Crippen molar-refractivity contribution < 1.29 is 19.1 Å². The van der Waals surface area contributed by atoms with Crippen molar-refractivity contribution in [2.75, 3.05) is 7.11 Å². The number of rotatable bonds is 7. The normalized spacial score (nSPS) is 9.53. The summed E-state index contributed by atoms with van der Waals surface area (Å²) in [4.78, 5) is 25.4. The zero-order valence-electron chi connectivity index (χ0n) is 10.8. The van der Waals surface area contributed by atoms with E-state index in [1.165, 1.54) is 5.56 Å². The van der Waals surface area contributed by atoms with Crippen molar-refractivity contribution in [1.29, 1.82) is 0 Å². The Hall–Kier alpha value is -2.26. The van der Waals surface area contributed by atoms with Gasteiger partial charge >= 0.3 is 11.7 Å². The molecule has 0 atom stereocenters. The molecule has 5 nitrogen and oxygen atoms in total. The Balaban J connectivity index is 2.35. The predicted molar refractivity (Wildman–Crippen MR) is 69.6 cm³/mol. The molecule has 0 saturated heterocycles. The van der Waals surface area contributed by atoms with Crippen LogP contribution < -0.4 is 0 Å². The standard InChI is InChI=1S/C14H16N2O3/c1-19-14(18)13(16-15)12(17)10-6-5-9-11-7-3-2-4-8-11/h2-4,7-8H,5-6,9-10H2,1H3. The second-order valence-corrected chi connectivity index (χ2v) is 4.06. The molecule has 0 unspecified atom stereocenters. The van der Waals surface area contributed by atoms with E-state index >= 15 is 0 Å². The van der Waals surface area contributed by atoms with Crippen LogP contribution in [-0.2, 0) is 20.7 Å². The van der Waals surface area contributed by atoms with Gasteiger partial charge < -0.3 is 10.3 Å². The molecule has 0 aromatic heterocycles. The van der Waals surface area contributed by atoms with Crippen molar-refractivity contribution in [2.45, 2.75) is 25.7 Å². The highest BCUT2D eigenvalue weighted by Gasteiger charge is 2.29. The summed E-state index contributed by atoms with van der Waals surface area (Å²) in [7, 11) is 1.14. The second kappa shape index (κ2) is 7.95. The second-order valence-electron chi connectivity index (χ2n) is 4.06. The van der Waals surface area contributed by atoms with E-state index in [2.05, 4.69) is 9.53 Å². The lowest BCUT2D eigenvalue weighted by molar-refractivity contribution is -0.139. The minimum Gasteiger partial charge on any atom is -0.460 e. The summed E-state index contributed by atoms with van der Waals surface area (Å²) < 4.78 is 4.35. The maximum atomic E-state index is 11.6. The first-order valence-electron chi connectivity index (χ1n) is 6.06. The largest absolute Gasteiger partial charge is 0.460 e. The molecule has 0 N–H and O–H groups in total. The maximum Gasteiger partial charge on any atom is 0.441 e. The number of hydrogen-bond donors (Lipinski definition) is 0. The lowest BCUT2D eigenvalue weighted by Gasteiger charge is -2.00. The smallest absolute Gasteiger partial charge is 0.441 e. The SMILES string of the molecule is COC(=O)C(=[N+]=[N-])C(=O)CCCCc1ccccc1. The minimum absolute atomic E-state index is 0.168. The van der Waals surface area contributed by atoms with Crippen LogP contribution in [-0.4, -0.2) is 29.4 Å². The van der Waals surface area contributed by atoms with Crippen LogP contribution in [0, 0.1) is 0 Å². The van der Waals surface area contributed by atoms with Crippen LogP contribution in [0.5, 0.6) is 0 Å². The van der Waals surface area contributed by atoms with Gasteiger partial charge in [0.1, 0.15) is 0 Å². The molecule has 0 saturated carbocycles. The predicted octanol–water partition coefficient (Wildman–Crippen LogP) is 1.81. The zero-order valence-corrected chi connectivity index (χ0v) is 10.8. The number of Topliss-reactive ketones (excluding diaryl/α,β-unsaturated/α-hetero) is 1. The van der Waals surface area contributed by atoms with Crippen LogP contribution in [0.25, 0.3) is 5.53 Å². The molecule has 0 aliphatic rings. The molecule has 100 valence electrons. The van der Waals surface area contributed by atoms with Gasteiger partial charge in [-0.1, -0.05) is 30.3 Å². The number of benzene rings is 1. The lowest BCUT2D eigenvalue weighted by Crippen LogP contribution is -2.26. The number of hydrogen-bond acceptors (Lipinski definition) is 3. The van der Waals surface area contributed by atoms with E-state index in [0.717, 1.165) is 20.0 Å². The summed E-state index contributed by atoms with van der Waals surface area (Å²) in [6.45, 7) is 0. The fourth-order valence-electron chi connectivity index (χ4n) is 1.68. The van der Waals surface area contributed by atoms with Crippen LogP contribution in [0.1, 0.15) is 24.8 Å². The third-order valence-electron chi connectivity index (χ3n) is 2.70. The molecule has 1 aromatic carbocycles. The number of unbranched alkanes of at least 4 members (excludes halogenated alkanes) is 1. The molecule has 0 spiro atoms. The van der Waals surface area contributed by atoms with Crippen molar-refractivity contribution in [3.63, 3.8) is 0 Å². The number of ketones is 1. The van der Waals surface area contributed by atoms with Gasteiger partial charge in [-0.3, -0.25) is 4.79 Å². The average Bonchev–Trinajstić information content (AvgIpc) is 2.45. The Bertz CT molecular complexity index is 491. The third-order valence-corrected chi connectivity index (χ3v) is 2.70. The fourth-order valence-corrected chi connectivity index (χ4v) is 1.68. The molecule has 0 radical (unpaired) electrons. The van der Waals surface area contributed by atoms with Crippen molar-refractivity contribution in [3.8, 4) is 0 Å². The molecule has 0 bridgehead atoms. The first-order valence-corrected chi connectivity index (χ1v) is 6.06.